The average molecular weight is 447 g/mol. The van der Waals surface area contributed by atoms with Gasteiger partial charge in [-0.15, -0.1) is 0 Å². The van der Waals surface area contributed by atoms with E-state index in [-0.39, 0.29) is 6.04 Å². The number of methoxy groups -OCH3 is 1. The van der Waals surface area contributed by atoms with Crippen LogP contribution in [0.25, 0.3) is 10.9 Å². The number of aryl methyl sites for hydroxylation is 1. The fourth-order valence-electron chi connectivity index (χ4n) is 6.27. The molecule has 0 radical (unpaired) electrons. The molecule has 2 N–H and O–H groups in total. The van der Waals surface area contributed by atoms with E-state index in [1.165, 1.54) is 59.7 Å². The van der Waals surface area contributed by atoms with Gasteiger partial charge < -0.3 is 14.8 Å². The van der Waals surface area contributed by atoms with E-state index < -0.39 is 5.97 Å². The summed E-state index contributed by atoms with van der Waals surface area (Å²) in [6.07, 6.45) is 9.86. The van der Waals surface area contributed by atoms with Gasteiger partial charge in [0.25, 0.3) is 0 Å². The molecule has 2 fully saturated rings. The number of carboxylic acid groups (broad SMARTS) is 1. The number of fused-ring (bicyclic) bond motifs is 1. The van der Waals surface area contributed by atoms with E-state index in [1.54, 1.807) is 19.2 Å². The SMILES string of the molecule is COc1cc(C)c2[nH]ccc2c1CN1CCC(C2CCCC2)C[C@H]1c1ccc(C(=O)O)cc1. The number of hydrogen-bond acceptors (Lipinski definition) is 3. The average Bonchev–Trinajstić information content (AvgIpc) is 3.54. The van der Waals surface area contributed by atoms with Crippen LogP contribution in [0, 0.1) is 18.8 Å². The number of benzene rings is 2. The molecular formula is C28H34N2O3. The van der Waals surface area contributed by atoms with Crippen LogP contribution in [-0.4, -0.2) is 34.6 Å². The highest BCUT2D eigenvalue weighted by Crippen LogP contribution is 2.44. The van der Waals surface area contributed by atoms with Crippen LogP contribution in [0.5, 0.6) is 5.75 Å². The Hall–Kier alpha value is -2.79. The van der Waals surface area contributed by atoms with Crippen LogP contribution in [0.4, 0.5) is 0 Å². The van der Waals surface area contributed by atoms with E-state index in [0.29, 0.717) is 5.56 Å². The number of piperidine rings is 1. The van der Waals surface area contributed by atoms with Crippen LogP contribution in [0.1, 0.15) is 71.6 Å². The Kier molecular flexibility index (Phi) is 6.15. The number of hydrogen-bond donors (Lipinski definition) is 2. The van der Waals surface area contributed by atoms with Gasteiger partial charge in [-0.05, 0) is 73.5 Å². The Labute approximate surface area is 195 Å². The van der Waals surface area contributed by atoms with E-state index >= 15 is 0 Å². The summed E-state index contributed by atoms with van der Waals surface area (Å²) in [5.74, 6) is 1.67. The van der Waals surface area contributed by atoms with Gasteiger partial charge in [0.15, 0.2) is 0 Å². The summed E-state index contributed by atoms with van der Waals surface area (Å²) >= 11 is 0. The lowest BCUT2D eigenvalue weighted by Crippen LogP contribution is -2.38. The smallest absolute Gasteiger partial charge is 0.335 e. The second-order valence-corrected chi connectivity index (χ2v) is 9.88. The molecule has 1 aliphatic heterocycles. The van der Waals surface area contributed by atoms with E-state index in [0.717, 1.165) is 37.1 Å². The predicted molar refractivity (Wildman–Crippen MR) is 131 cm³/mol. The monoisotopic (exact) mass is 446 g/mol. The first-order valence-electron chi connectivity index (χ1n) is 12.3. The van der Waals surface area contributed by atoms with E-state index in [9.17, 15) is 9.90 Å². The molecule has 1 aromatic heterocycles. The van der Waals surface area contributed by atoms with Crippen molar-refractivity contribution in [2.24, 2.45) is 11.8 Å². The topological polar surface area (TPSA) is 65.6 Å². The van der Waals surface area contributed by atoms with Gasteiger partial charge in [0.1, 0.15) is 5.75 Å². The minimum atomic E-state index is -0.870. The normalized spacial score (nSPS) is 22.1. The minimum Gasteiger partial charge on any atom is -0.496 e. The van der Waals surface area contributed by atoms with Crippen LogP contribution >= 0.6 is 0 Å². The summed E-state index contributed by atoms with van der Waals surface area (Å²) in [5, 5.41) is 10.6. The summed E-state index contributed by atoms with van der Waals surface area (Å²) in [6.45, 7) is 3.99. The molecule has 1 saturated carbocycles. The Morgan fingerprint density at radius 3 is 2.58 bits per heavy atom. The fraction of sp³-hybridized carbons (Fsp3) is 0.464. The van der Waals surface area contributed by atoms with Crippen molar-refractivity contribution in [1.29, 1.82) is 0 Å². The minimum absolute atomic E-state index is 0.284. The molecule has 2 atom stereocenters. The summed E-state index contributed by atoms with van der Waals surface area (Å²) in [6, 6.07) is 12.1. The van der Waals surface area contributed by atoms with Crippen molar-refractivity contribution >= 4 is 16.9 Å². The fourth-order valence-corrected chi connectivity index (χ4v) is 6.27. The molecule has 2 aromatic carbocycles. The van der Waals surface area contributed by atoms with Crippen LogP contribution in [0.15, 0.2) is 42.6 Å². The van der Waals surface area contributed by atoms with E-state index in [2.05, 4.69) is 28.9 Å². The molecule has 0 spiro atoms. The van der Waals surface area contributed by atoms with Gasteiger partial charge in [0, 0.05) is 35.2 Å². The third-order valence-electron chi connectivity index (χ3n) is 8.06. The Bertz CT molecular complexity index is 1130. The molecule has 174 valence electrons. The number of carbonyl (C=O) groups is 1. The number of ether oxygens (including phenoxy) is 1. The zero-order chi connectivity index (χ0) is 22.9. The molecule has 5 rings (SSSR count). The lowest BCUT2D eigenvalue weighted by Gasteiger charge is -2.42. The molecule has 2 aliphatic rings. The van der Waals surface area contributed by atoms with Gasteiger partial charge in [-0.1, -0.05) is 37.8 Å². The first-order valence-corrected chi connectivity index (χ1v) is 12.3. The first kappa shape index (κ1) is 22.0. The maximum Gasteiger partial charge on any atom is 0.335 e. The predicted octanol–water partition coefficient (Wildman–Crippen LogP) is 6.33. The number of likely N-dealkylation sites (tertiary alicyclic amines) is 1. The third kappa shape index (κ3) is 4.26. The Balaban J connectivity index is 1.48. The lowest BCUT2D eigenvalue weighted by atomic mass is 9.78. The van der Waals surface area contributed by atoms with Gasteiger partial charge in [-0.25, -0.2) is 4.79 Å². The number of aromatic nitrogens is 1. The van der Waals surface area contributed by atoms with Gasteiger partial charge in [0.05, 0.1) is 12.7 Å². The van der Waals surface area contributed by atoms with Gasteiger partial charge in [0.2, 0.25) is 0 Å². The highest BCUT2D eigenvalue weighted by molar-refractivity contribution is 5.88. The van der Waals surface area contributed by atoms with Crippen LogP contribution in [-0.2, 0) is 6.54 Å². The summed E-state index contributed by atoms with van der Waals surface area (Å²) in [4.78, 5) is 17.4. The highest BCUT2D eigenvalue weighted by atomic mass is 16.5. The van der Waals surface area contributed by atoms with Crippen molar-refractivity contribution in [1.82, 2.24) is 9.88 Å². The van der Waals surface area contributed by atoms with E-state index in [1.807, 2.05) is 18.3 Å². The molecule has 5 heteroatoms. The maximum absolute atomic E-state index is 11.4. The lowest BCUT2D eigenvalue weighted by molar-refractivity contribution is 0.0696. The molecule has 0 amide bonds. The molecule has 1 aliphatic carbocycles. The molecular weight excluding hydrogens is 412 g/mol. The number of rotatable bonds is 6. The van der Waals surface area contributed by atoms with Crippen LogP contribution < -0.4 is 4.74 Å². The second kappa shape index (κ2) is 9.22. The summed E-state index contributed by atoms with van der Waals surface area (Å²) in [5.41, 5.74) is 5.16. The molecule has 5 nitrogen and oxygen atoms in total. The van der Waals surface area contributed by atoms with Gasteiger partial charge >= 0.3 is 5.97 Å². The molecule has 3 aromatic rings. The quantitative estimate of drug-likeness (QED) is 0.465. The summed E-state index contributed by atoms with van der Waals surface area (Å²) < 4.78 is 5.82. The van der Waals surface area contributed by atoms with Crippen molar-refractivity contribution < 1.29 is 14.6 Å². The molecule has 0 bridgehead atoms. The van der Waals surface area contributed by atoms with E-state index in [4.69, 9.17) is 4.74 Å². The van der Waals surface area contributed by atoms with Crippen molar-refractivity contribution in [3.8, 4) is 5.75 Å². The number of nitrogens with one attached hydrogen (secondary N) is 1. The largest absolute Gasteiger partial charge is 0.496 e. The van der Waals surface area contributed by atoms with Crippen molar-refractivity contribution in [3.63, 3.8) is 0 Å². The number of nitrogens with zero attached hydrogens (tertiary/aromatic N) is 1. The third-order valence-corrected chi connectivity index (χ3v) is 8.06. The standard InChI is InChI=1S/C28H34N2O3/c1-18-15-26(33-2)24(23-11-13-29-27(18)23)17-30-14-12-22(19-5-3-4-6-19)16-25(30)20-7-9-21(10-8-20)28(31)32/h7-11,13,15,19,22,25,29H,3-6,12,14,16-17H2,1-2H3,(H,31,32)/t22?,25-/m0/s1. The maximum atomic E-state index is 11.4. The Morgan fingerprint density at radius 2 is 1.88 bits per heavy atom. The number of aromatic amines is 1. The second-order valence-electron chi connectivity index (χ2n) is 9.88. The van der Waals surface area contributed by atoms with Gasteiger partial charge in [-0.3, -0.25) is 4.90 Å². The van der Waals surface area contributed by atoms with Crippen LogP contribution in [0.3, 0.4) is 0 Å². The molecule has 33 heavy (non-hydrogen) atoms. The first-order chi connectivity index (χ1) is 16.0. The van der Waals surface area contributed by atoms with Crippen molar-refractivity contribution in [2.75, 3.05) is 13.7 Å². The Morgan fingerprint density at radius 1 is 1.12 bits per heavy atom. The molecule has 1 saturated heterocycles. The zero-order valence-corrected chi connectivity index (χ0v) is 19.6. The number of carboxylic acids is 1. The van der Waals surface area contributed by atoms with Crippen molar-refractivity contribution in [3.05, 3.63) is 64.8 Å². The van der Waals surface area contributed by atoms with Crippen molar-refractivity contribution in [2.45, 2.75) is 58.0 Å². The molecule has 2 heterocycles. The molecule has 1 unspecified atom stereocenters. The van der Waals surface area contributed by atoms with Crippen LogP contribution in [0.2, 0.25) is 0 Å². The highest BCUT2D eigenvalue weighted by Gasteiger charge is 2.35. The zero-order valence-electron chi connectivity index (χ0n) is 19.6. The summed E-state index contributed by atoms with van der Waals surface area (Å²) in [7, 11) is 1.76. The van der Waals surface area contributed by atoms with Gasteiger partial charge in [-0.2, -0.15) is 0 Å². The number of H-pyrrole nitrogens is 1. The number of aromatic carboxylic acids is 1.